The van der Waals surface area contributed by atoms with Crippen molar-refractivity contribution in [2.24, 2.45) is 0 Å². The predicted molar refractivity (Wildman–Crippen MR) is 104 cm³/mol. The maximum absolute atomic E-state index is 12.9. The number of hydrogen-bond donors (Lipinski definition) is 1. The van der Waals surface area contributed by atoms with Gasteiger partial charge in [0, 0.05) is 18.6 Å². The van der Waals surface area contributed by atoms with Crippen molar-refractivity contribution < 1.29 is 31.2 Å². The number of sulfonamides is 1. The number of hydrogen-bond acceptors (Lipinski definition) is 4. The van der Waals surface area contributed by atoms with E-state index in [-0.39, 0.29) is 37.4 Å². The van der Waals surface area contributed by atoms with Crippen LogP contribution in [-0.4, -0.2) is 54.8 Å². The van der Waals surface area contributed by atoms with Crippen molar-refractivity contribution in [1.82, 2.24) is 14.5 Å². The van der Waals surface area contributed by atoms with Crippen LogP contribution in [0.2, 0.25) is 0 Å². The first kappa shape index (κ1) is 22.1. The molecule has 2 atom stereocenters. The number of nitrogens with one attached hydrogen (secondary N) is 1. The number of nitrogens with zero attached hydrogens (tertiary/aromatic N) is 2. The molecule has 170 valence electrons. The minimum Gasteiger partial charge on any atom is -0.312 e. The van der Waals surface area contributed by atoms with Crippen molar-refractivity contribution in [3.63, 3.8) is 0 Å². The highest BCUT2D eigenvalue weighted by Gasteiger charge is 2.50. The maximum Gasteiger partial charge on any atom is 0.416 e. The lowest BCUT2D eigenvalue weighted by molar-refractivity contribution is -0.137. The van der Waals surface area contributed by atoms with E-state index < -0.39 is 38.7 Å². The molecule has 1 aliphatic carbocycles. The van der Waals surface area contributed by atoms with Gasteiger partial charge in [0.1, 0.15) is 6.04 Å². The Kier molecular flexibility index (Phi) is 5.76. The number of rotatable bonds is 4. The third-order valence-electron chi connectivity index (χ3n) is 6.31. The molecule has 0 bridgehead atoms. The monoisotopic (exact) mass is 459 g/mol. The van der Waals surface area contributed by atoms with Crippen molar-refractivity contribution in [1.29, 1.82) is 0 Å². The smallest absolute Gasteiger partial charge is 0.312 e. The van der Waals surface area contributed by atoms with Crippen LogP contribution in [0.5, 0.6) is 0 Å². The third-order valence-corrected chi connectivity index (χ3v) is 7.83. The summed E-state index contributed by atoms with van der Waals surface area (Å²) in [5.74, 6) is -0.306. The summed E-state index contributed by atoms with van der Waals surface area (Å²) in [5, 5.41) is 0. The Morgan fingerprint density at radius 2 is 1.74 bits per heavy atom. The lowest BCUT2D eigenvalue weighted by Gasteiger charge is -2.32. The second-order valence-corrected chi connectivity index (χ2v) is 10.1. The van der Waals surface area contributed by atoms with Gasteiger partial charge in [-0.05, 0) is 43.9 Å². The second kappa shape index (κ2) is 8.09. The predicted octanol–water partition coefficient (Wildman–Crippen LogP) is 3.11. The first-order valence-electron chi connectivity index (χ1n) is 10.4. The molecule has 3 aliphatic rings. The van der Waals surface area contributed by atoms with Crippen LogP contribution in [0.1, 0.15) is 50.5 Å². The standard InChI is InChI=1S/C20H24F3N3O4S/c21-20(22,23)13-5-4-8-16(11-13)31(29,30)24-14-9-10-25-17(12-14)18(27)26(19(25)28)15-6-2-1-3-7-15/h4-5,8,11,14-15,17,24H,1-3,6-7,9-10,12H2. The maximum atomic E-state index is 12.9. The number of urea groups is 1. The molecular formula is C20H24F3N3O4S. The summed E-state index contributed by atoms with van der Waals surface area (Å²) < 4.78 is 66.6. The molecule has 2 heterocycles. The highest BCUT2D eigenvalue weighted by molar-refractivity contribution is 7.89. The van der Waals surface area contributed by atoms with Crippen molar-refractivity contribution in [3.05, 3.63) is 29.8 Å². The van der Waals surface area contributed by atoms with Gasteiger partial charge in [0.15, 0.2) is 0 Å². The van der Waals surface area contributed by atoms with Crippen molar-refractivity contribution in [3.8, 4) is 0 Å². The molecule has 2 unspecified atom stereocenters. The molecule has 7 nitrogen and oxygen atoms in total. The average molecular weight is 459 g/mol. The number of imide groups is 1. The SMILES string of the molecule is O=C1C2CC(NS(=O)(=O)c3cccc(C(F)(F)F)c3)CCN2C(=O)N1C1CCCCC1. The van der Waals surface area contributed by atoms with E-state index in [2.05, 4.69) is 4.72 Å². The summed E-state index contributed by atoms with van der Waals surface area (Å²) in [7, 11) is -4.21. The topological polar surface area (TPSA) is 86.8 Å². The zero-order valence-electron chi connectivity index (χ0n) is 16.8. The lowest BCUT2D eigenvalue weighted by atomic mass is 9.94. The fourth-order valence-corrected chi connectivity index (χ4v) is 6.06. The lowest BCUT2D eigenvalue weighted by Crippen LogP contribution is -2.49. The Morgan fingerprint density at radius 1 is 1.03 bits per heavy atom. The van der Waals surface area contributed by atoms with Gasteiger partial charge in [0.05, 0.1) is 10.5 Å². The number of alkyl halides is 3. The number of amides is 3. The van der Waals surface area contributed by atoms with E-state index in [0.29, 0.717) is 6.07 Å². The highest BCUT2D eigenvalue weighted by atomic mass is 32.2. The summed E-state index contributed by atoms with van der Waals surface area (Å²) in [6.45, 7) is 0.217. The summed E-state index contributed by atoms with van der Waals surface area (Å²) >= 11 is 0. The van der Waals surface area contributed by atoms with Crippen LogP contribution < -0.4 is 4.72 Å². The van der Waals surface area contributed by atoms with Crippen LogP contribution in [0, 0.1) is 0 Å². The number of fused-ring (bicyclic) bond motifs is 1. The largest absolute Gasteiger partial charge is 0.416 e. The van der Waals surface area contributed by atoms with Crippen LogP contribution in [0.4, 0.5) is 18.0 Å². The van der Waals surface area contributed by atoms with Gasteiger partial charge in [-0.25, -0.2) is 17.9 Å². The number of halogens is 3. The molecule has 0 radical (unpaired) electrons. The molecule has 1 aromatic carbocycles. The van der Waals surface area contributed by atoms with E-state index in [4.69, 9.17) is 0 Å². The number of carbonyl (C=O) groups is 2. The second-order valence-electron chi connectivity index (χ2n) is 8.36. The molecular weight excluding hydrogens is 435 g/mol. The van der Waals surface area contributed by atoms with Gasteiger partial charge in [0.25, 0.3) is 5.91 Å². The molecule has 31 heavy (non-hydrogen) atoms. The molecule has 11 heteroatoms. The van der Waals surface area contributed by atoms with E-state index in [1.165, 1.54) is 9.80 Å². The molecule has 1 N–H and O–H groups in total. The first-order valence-corrected chi connectivity index (χ1v) is 11.9. The normalized spacial score (nSPS) is 25.8. The highest BCUT2D eigenvalue weighted by Crippen LogP contribution is 2.34. The molecule has 1 saturated carbocycles. The van der Waals surface area contributed by atoms with E-state index >= 15 is 0 Å². The Hall–Kier alpha value is -2.14. The van der Waals surface area contributed by atoms with E-state index in [0.717, 1.165) is 50.3 Å². The summed E-state index contributed by atoms with van der Waals surface area (Å²) in [6.07, 6.45) is 0.304. The molecule has 0 aromatic heterocycles. The van der Waals surface area contributed by atoms with Gasteiger partial charge in [-0.1, -0.05) is 25.3 Å². The van der Waals surface area contributed by atoms with Crippen LogP contribution in [0.3, 0.4) is 0 Å². The van der Waals surface area contributed by atoms with Gasteiger partial charge >= 0.3 is 12.2 Å². The molecule has 4 rings (SSSR count). The number of carbonyl (C=O) groups excluding carboxylic acids is 2. The Bertz CT molecular complexity index is 976. The summed E-state index contributed by atoms with van der Waals surface area (Å²) in [4.78, 5) is 28.1. The zero-order chi connectivity index (χ0) is 22.4. The Morgan fingerprint density at radius 3 is 2.42 bits per heavy atom. The van der Waals surface area contributed by atoms with E-state index in [9.17, 15) is 31.2 Å². The van der Waals surface area contributed by atoms with E-state index in [1.54, 1.807) is 0 Å². The molecule has 1 aromatic rings. The number of benzene rings is 1. The minimum absolute atomic E-state index is 0.103. The van der Waals surface area contributed by atoms with Gasteiger partial charge in [-0.15, -0.1) is 0 Å². The van der Waals surface area contributed by atoms with Crippen LogP contribution in [0.25, 0.3) is 0 Å². The van der Waals surface area contributed by atoms with Gasteiger partial charge in [-0.3, -0.25) is 9.69 Å². The third kappa shape index (κ3) is 4.30. The molecule has 3 amide bonds. The van der Waals surface area contributed by atoms with Gasteiger partial charge in [0.2, 0.25) is 10.0 Å². The van der Waals surface area contributed by atoms with Crippen LogP contribution >= 0.6 is 0 Å². The number of piperidine rings is 1. The fourth-order valence-electron chi connectivity index (χ4n) is 4.73. The minimum atomic E-state index is -4.66. The Balaban J connectivity index is 1.47. The fraction of sp³-hybridized carbons (Fsp3) is 0.600. The van der Waals surface area contributed by atoms with Crippen molar-refractivity contribution >= 4 is 22.0 Å². The van der Waals surface area contributed by atoms with Crippen LogP contribution in [0.15, 0.2) is 29.2 Å². The van der Waals surface area contributed by atoms with E-state index in [1.807, 2.05) is 0 Å². The quantitative estimate of drug-likeness (QED) is 0.701. The molecule has 3 fully saturated rings. The Labute approximate surface area is 178 Å². The van der Waals surface area contributed by atoms with Crippen molar-refractivity contribution in [2.45, 2.75) is 74.1 Å². The first-order chi connectivity index (χ1) is 14.6. The van der Waals surface area contributed by atoms with Gasteiger partial charge in [-0.2, -0.15) is 13.2 Å². The average Bonchev–Trinajstić information content (AvgIpc) is 2.97. The van der Waals surface area contributed by atoms with Gasteiger partial charge < -0.3 is 4.90 Å². The molecule has 2 saturated heterocycles. The molecule has 0 spiro atoms. The summed E-state index contributed by atoms with van der Waals surface area (Å²) in [5.41, 5.74) is -1.05. The van der Waals surface area contributed by atoms with Crippen molar-refractivity contribution in [2.75, 3.05) is 6.54 Å². The van der Waals surface area contributed by atoms with Crippen LogP contribution in [-0.2, 0) is 21.0 Å². The zero-order valence-corrected chi connectivity index (χ0v) is 17.6. The molecule has 2 aliphatic heterocycles. The summed E-state index contributed by atoms with van der Waals surface area (Å²) in [6, 6.07) is 1.72.